The van der Waals surface area contributed by atoms with Gasteiger partial charge in [0, 0.05) is 13.0 Å². The van der Waals surface area contributed by atoms with E-state index in [0.717, 1.165) is 11.3 Å². The maximum absolute atomic E-state index is 12.9. The van der Waals surface area contributed by atoms with Crippen LogP contribution in [0.3, 0.4) is 0 Å². The van der Waals surface area contributed by atoms with Crippen LogP contribution in [0, 0.1) is 0 Å². The number of carbonyl (C=O) groups is 2. The summed E-state index contributed by atoms with van der Waals surface area (Å²) in [6.45, 7) is 3.18. The van der Waals surface area contributed by atoms with E-state index in [4.69, 9.17) is 14.2 Å². The lowest BCUT2D eigenvalue weighted by molar-refractivity contribution is -0.131. The van der Waals surface area contributed by atoms with E-state index in [1.54, 1.807) is 25.3 Å². The van der Waals surface area contributed by atoms with Crippen LogP contribution in [0.4, 0.5) is 0 Å². The normalized spacial score (nSPS) is 19.2. The van der Waals surface area contributed by atoms with Gasteiger partial charge in [-0.25, -0.2) is 0 Å². The van der Waals surface area contributed by atoms with Crippen molar-refractivity contribution >= 4 is 11.8 Å². The number of hydrogen-bond donors (Lipinski definition) is 0. The molecule has 124 valence electrons. The number of fused-ring (bicyclic) bond motifs is 1. The highest BCUT2D eigenvalue weighted by Gasteiger charge is 2.36. The molecule has 5 heteroatoms. The molecule has 0 aromatic heterocycles. The molecule has 0 saturated carbocycles. The predicted molar refractivity (Wildman–Crippen MR) is 87.9 cm³/mol. The zero-order valence-electron chi connectivity index (χ0n) is 13.7. The summed E-state index contributed by atoms with van der Waals surface area (Å²) in [4.78, 5) is 24.0. The van der Waals surface area contributed by atoms with Crippen molar-refractivity contribution in [2.24, 2.45) is 0 Å². The van der Waals surface area contributed by atoms with E-state index in [-0.39, 0.29) is 17.8 Å². The molecule has 1 heterocycles. The number of methoxy groups -OCH3 is 1. The van der Waals surface area contributed by atoms with E-state index in [2.05, 4.69) is 0 Å². The van der Waals surface area contributed by atoms with Gasteiger partial charge in [-0.05, 0) is 36.8 Å². The Morgan fingerprint density at radius 2 is 1.75 bits per heavy atom. The van der Waals surface area contributed by atoms with Gasteiger partial charge in [0.15, 0.2) is 5.78 Å². The number of esters is 1. The number of hydrogen-bond acceptors (Lipinski definition) is 5. The average Bonchev–Trinajstić information content (AvgIpc) is 2.54. The largest absolute Gasteiger partial charge is 0.497 e. The monoisotopic (exact) mass is 326 g/mol. The lowest BCUT2D eigenvalue weighted by Gasteiger charge is -2.30. The van der Waals surface area contributed by atoms with Gasteiger partial charge in [0.2, 0.25) is 0 Å². The minimum atomic E-state index is -0.416. The summed E-state index contributed by atoms with van der Waals surface area (Å²) in [5.74, 6) is 0.731. The molecule has 0 N–H and O–H groups in total. The Morgan fingerprint density at radius 1 is 1.08 bits per heavy atom. The molecule has 2 aromatic rings. The van der Waals surface area contributed by atoms with Gasteiger partial charge in [-0.1, -0.05) is 12.1 Å². The highest BCUT2D eigenvalue weighted by molar-refractivity contribution is 6.04. The van der Waals surface area contributed by atoms with Crippen molar-refractivity contribution in [1.82, 2.24) is 0 Å². The molecule has 0 amide bonds. The summed E-state index contributed by atoms with van der Waals surface area (Å²) in [7, 11) is 1.60. The van der Waals surface area contributed by atoms with Crippen LogP contribution in [0.15, 0.2) is 42.5 Å². The highest BCUT2D eigenvalue weighted by Crippen LogP contribution is 2.38. The molecule has 0 spiro atoms. The van der Waals surface area contributed by atoms with Crippen molar-refractivity contribution in [3.63, 3.8) is 0 Å². The van der Waals surface area contributed by atoms with Crippen molar-refractivity contribution in [2.45, 2.75) is 25.9 Å². The standard InChI is InChI=1S/C19H18O5/c1-11-18(13-4-6-14(22-3)7-5-13)19(21)16-9-8-15(24-12(2)20)10-17(16)23-11/h4-11,18H,1-3H3/t11-,18+/m0/s1. The van der Waals surface area contributed by atoms with Gasteiger partial charge in [-0.15, -0.1) is 0 Å². The van der Waals surface area contributed by atoms with Gasteiger partial charge in [-0.3, -0.25) is 9.59 Å². The van der Waals surface area contributed by atoms with Crippen molar-refractivity contribution in [3.05, 3.63) is 53.6 Å². The van der Waals surface area contributed by atoms with Gasteiger partial charge in [0.05, 0.1) is 18.6 Å². The molecule has 0 radical (unpaired) electrons. The minimum absolute atomic E-state index is 0.0108. The van der Waals surface area contributed by atoms with Gasteiger partial charge < -0.3 is 14.2 Å². The van der Waals surface area contributed by atoms with Crippen LogP contribution in [0.1, 0.15) is 35.7 Å². The highest BCUT2D eigenvalue weighted by atomic mass is 16.5. The van der Waals surface area contributed by atoms with Crippen molar-refractivity contribution in [1.29, 1.82) is 0 Å². The molecule has 0 fully saturated rings. The molecule has 24 heavy (non-hydrogen) atoms. The van der Waals surface area contributed by atoms with E-state index < -0.39 is 5.97 Å². The van der Waals surface area contributed by atoms with Crippen LogP contribution < -0.4 is 14.2 Å². The molecular weight excluding hydrogens is 308 g/mol. The van der Waals surface area contributed by atoms with Crippen molar-refractivity contribution < 1.29 is 23.8 Å². The molecule has 5 nitrogen and oxygen atoms in total. The predicted octanol–water partition coefficient (Wildman–Crippen LogP) is 3.37. The smallest absolute Gasteiger partial charge is 0.308 e. The first-order valence-corrected chi connectivity index (χ1v) is 7.67. The maximum Gasteiger partial charge on any atom is 0.308 e. The number of ketones is 1. The Morgan fingerprint density at radius 3 is 2.38 bits per heavy atom. The number of rotatable bonds is 3. The zero-order valence-corrected chi connectivity index (χ0v) is 13.7. The van der Waals surface area contributed by atoms with Crippen molar-refractivity contribution in [2.75, 3.05) is 7.11 Å². The van der Waals surface area contributed by atoms with Crippen LogP contribution >= 0.6 is 0 Å². The average molecular weight is 326 g/mol. The third-order valence-electron chi connectivity index (χ3n) is 4.02. The van der Waals surface area contributed by atoms with Crippen LogP contribution in [0.5, 0.6) is 17.2 Å². The Bertz CT molecular complexity index is 779. The van der Waals surface area contributed by atoms with Crippen molar-refractivity contribution in [3.8, 4) is 17.2 Å². The number of benzene rings is 2. The van der Waals surface area contributed by atoms with E-state index in [9.17, 15) is 9.59 Å². The zero-order chi connectivity index (χ0) is 17.3. The molecule has 2 aromatic carbocycles. The summed E-state index contributed by atoms with van der Waals surface area (Å²) in [5, 5.41) is 0. The fourth-order valence-corrected chi connectivity index (χ4v) is 2.92. The summed E-state index contributed by atoms with van der Waals surface area (Å²) >= 11 is 0. The fourth-order valence-electron chi connectivity index (χ4n) is 2.92. The van der Waals surface area contributed by atoms with Gasteiger partial charge in [0.1, 0.15) is 23.4 Å². The molecular formula is C19H18O5. The van der Waals surface area contributed by atoms with Gasteiger partial charge in [0.25, 0.3) is 0 Å². The lowest BCUT2D eigenvalue weighted by Crippen LogP contribution is -2.33. The second kappa shape index (κ2) is 6.35. The Balaban J connectivity index is 1.93. The van der Waals surface area contributed by atoms with E-state index in [1.807, 2.05) is 31.2 Å². The number of Topliss-reactive ketones (excluding diaryl/α,β-unsaturated/α-hetero) is 1. The van der Waals surface area contributed by atoms with Gasteiger partial charge in [-0.2, -0.15) is 0 Å². The molecule has 1 aliphatic rings. The number of carbonyl (C=O) groups excluding carboxylic acids is 2. The van der Waals surface area contributed by atoms with E-state index >= 15 is 0 Å². The van der Waals surface area contributed by atoms with Crippen LogP contribution in [0.2, 0.25) is 0 Å². The second-order valence-electron chi connectivity index (χ2n) is 5.69. The first-order chi connectivity index (χ1) is 11.5. The van der Waals surface area contributed by atoms with Crippen LogP contribution in [0.25, 0.3) is 0 Å². The summed E-state index contributed by atoms with van der Waals surface area (Å²) in [5.41, 5.74) is 1.37. The Labute approximate surface area is 140 Å². The molecule has 0 unspecified atom stereocenters. The molecule has 3 rings (SSSR count). The molecule has 1 aliphatic heterocycles. The summed E-state index contributed by atoms with van der Waals surface area (Å²) < 4.78 is 16.1. The molecule has 0 saturated heterocycles. The first kappa shape index (κ1) is 16.1. The molecule has 0 bridgehead atoms. The second-order valence-corrected chi connectivity index (χ2v) is 5.69. The molecule has 0 aliphatic carbocycles. The minimum Gasteiger partial charge on any atom is -0.497 e. The Hall–Kier alpha value is -2.82. The third-order valence-corrected chi connectivity index (χ3v) is 4.02. The molecule has 2 atom stereocenters. The number of ether oxygens (including phenoxy) is 3. The maximum atomic E-state index is 12.9. The quantitative estimate of drug-likeness (QED) is 0.639. The van der Waals surface area contributed by atoms with E-state index in [0.29, 0.717) is 17.1 Å². The van der Waals surface area contributed by atoms with Crippen LogP contribution in [-0.2, 0) is 4.79 Å². The van der Waals surface area contributed by atoms with Crippen LogP contribution in [-0.4, -0.2) is 25.0 Å². The van der Waals surface area contributed by atoms with E-state index in [1.165, 1.54) is 6.92 Å². The third kappa shape index (κ3) is 2.97. The summed E-state index contributed by atoms with van der Waals surface area (Å²) in [6.07, 6.45) is -0.328. The first-order valence-electron chi connectivity index (χ1n) is 7.67. The topological polar surface area (TPSA) is 61.8 Å². The van der Waals surface area contributed by atoms with Gasteiger partial charge >= 0.3 is 5.97 Å². The summed E-state index contributed by atoms with van der Waals surface area (Å²) in [6, 6.07) is 12.2. The lowest BCUT2D eigenvalue weighted by atomic mass is 9.84. The Kier molecular flexibility index (Phi) is 4.25. The fraction of sp³-hybridized carbons (Fsp3) is 0.263. The SMILES string of the molecule is COc1ccc([C@@H]2C(=O)c3ccc(OC(C)=O)cc3O[C@H]2C)cc1.